The van der Waals surface area contributed by atoms with Gasteiger partial charge in [0.05, 0.1) is 44.0 Å². The van der Waals surface area contributed by atoms with Gasteiger partial charge in [-0.15, -0.1) is 0 Å². The Morgan fingerprint density at radius 2 is 2.00 bits per heavy atom. The van der Waals surface area contributed by atoms with E-state index < -0.39 is 0 Å². The fourth-order valence-electron chi connectivity index (χ4n) is 4.83. The molecule has 2 aromatic rings. The lowest BCUT2D eigenvalue weighted by Gasteiger charge is -2.30. The SMILES string of the molecule is CC(C)[C@@H](CO)NC(=O)Cc1cccc(N2C=C(Nc3ccc(C(=O)N4CCOCC4)cn3)C3=NC=C[NH+]3C2)c1. The van der Waals surface area contributed by atoms with E-state index in [0.717, 1.165) is 27.7 Å². The maximum Gasteiger partial charge on any atom is 0.257 e. The van der Waals surface area contributed by atoms with Crippen molar-refractivity contribution in [2.75, 3.05) is 49.8 Å². The largest absolute Gasteiger partial charge is 0.394 e. The molecule has 1 saturated heterocycles. The molecule has 1 aromatic carbocycles. The predicted octanol–water partition coefficient (Wildman–Crippen LogP) is 0.729. The van der Waals surface area contributed by atoms with Gasteiger partial charge in [-0.3, -0.25) is 14.5 Å². The van der Waals surface area contributed by atoms with Crippen LogP contribution >= 0.6 is 0 Å². The van der Waals surface area contributed by atoms with Gasteiger partial charge in [0.2, 0.25) is 5.91 Å². The molecule has 40 heavy (non-hydrogen) atoms. The predicted molar refractivity (Wildman–Crippen MR) is 152 cm³/mol. The van der Waals surface area contributed by atoms with Crippen molar-refractivity contribution in [1.82, 2.24) is 15.2 Å². The molecule has 210 valence electrons. The average molecular weight is 547 g/mol. The van der Waals surface area contributed by atoms with E-state index in [1.54, 1.807) is 29.4 Å². The summed E-state index contributed by atoms with van der Waals surface area (Å²) in [6, 6.07) is 11.2. The van der Waals surface area contributed by atoms with Crippen LogP contribution in [0.1, 0.15) is 29.8 Å². The van der Waals surface area contributed by atoms with Gasteiger partial charge in [0.25, 0.3) is 11.7 Å². The molecule has 1 unspecified atom stereocenters. The number of amidine groups is 1. The lowest BCUT2D eigenvalue weighted by Crippen LogP contribution is -3.12. The molecular formula is C29H36N7O4+. The minimum absolute atomic E-state index is 0.0463. The van der Waals surface area contributed by atoms with Gasteiger partial charge in [-0.2, -0.15) is 4.99 Å². The maximum absolute atomic E-state index is 12.8. The first kappa shape index (κ1) is 27.5. The molecule has 0 radical (unpaired) electrons. The Morgan fingerprint density at radius 3 is 2.73 bits per heavy atom. The van der Waals surface area contributed by atoms with Crippen LogP contribution in [-0.4, -0.2) is 78.3 Å². The van der Waals surface area contributed by atoms with Crippen molar-refractivity contribution in [3.05, 3.63) is 78.0 Å². The molecule has 0 bridgehead atoms. The number of pyridine rings is 1. The number of aliphatic imine (C=N–C) groups is 1. The second-order valence-electron chi connectivity index (χ2n) is 10.4. The number of hydrogen-bond donors (Lipinski definition) is 4. The standard InChI is InChI=1S/C29H35N7O4/c1-20(2)25(18-37)33-27(38)15-21-4-3-5-23(14-21)36-17-24(28-30-8-9-35(28)19-36)32-26-7-6-22(16-31-26)29(39)34-10-12-40-13-11-34/h3-9,14,16-17,20,25,37H,10-13,15,18-19H2,1-2H3,(H,31,32)(H,33,38)/p+1/t25-/m1/s1. The molecule has 1 fully saturated rings. The van der Waals surface area contributed by atoms with E-state index in [2.05, 4.69) is 25.5 Å². The highest BCUT2D eigenvalue weighted by Gasteiger charge is 2.31. The Kier molecular flexibility index (Phi) is 8.54. The number of rotatable bonds is 9. The average Bonchev–Trinajstić information content (AvgIpc) is 3.46. The van der Waals surface area contributed by atoms with E-state index in [4.69, 9.17) is 4.74 Å². The number of fused-ring (bicyclic) bond motifs is 1. The Bertz CT molecular complexity index is 1320. The van der Waals surface area contributed by atoms with Crippen molar-refractivity contribution in [3.63, 3.8) is 0 Å². The van der Waals surface area contributed by atoms with Crippen LogP contribution in [0.15, 0.2) is 71.9 Å². The number of carbonyl (C=O) groups excluding carboxylic acids is 2. The number of carbonyl (C=O) groups is 2. The van der Waals surface area contributed by atoms with Crippen LogP contribution in [0.2, 0.25) is 0 Å². The fraction of sp³-hybridized carbons (Fsp3) is 0.379. The third kappa shape index (κ3) is 6.39. The lowest BCUT2D eigenvalue weighted by molar-refractivity contribution is -0.743. The van der Waals surface area contributed by atoms with Gasteiger partial charge in [0.15, 0.2) is 6.67 Å². The molecule has 0 aliphatic carbocycles. The van der Waals surface area contributed by atoms with Crippen molar-refractivity contribution in [1.29, 1.82) is 0 Å². The van der Waals surface area contributed by atoms with Crippen LogP contribution in [0, 0.1) is 5.92 Å². The number of nitrogens with one attached hydrogen (secondary N) is 3. The van der Waals surface area contributed by atoms with E-state index in [1.807, 2.05) is 50.5 Å². The number of benzene rings is 1. The van der Waals surface area contributed by atoms with E-state index in [0.29, 0.717) is 44.4 Å². The van der Waals surface area contributed by atoms with Crippen LogP contribution in [0.3, 0.4) is 0 Å². The second-order valence-corrected chi connectivity index (χ2v) is 10.4. The van der Waals surface area contributed by atoms with E-state index in [-0.39, 0.29) is 36.8 Å². The molecule has 2 atom stereocenters. The highest BCUT2D eigenvalue weighted by Crippen LogP contribution is 2.21. The van der Waals surface area contributed by atoms with E-state index in [1.165, 1.54) is 0 Å². The summed E-state index contributed by atoms with van der Waals surface area (Å²) < 4.78 is 5.34. The summed E-state index contributed by atoms with van der Waals surface area (Å²) in [5.74, 6) is 1.44. The first-order valence-electron chi connectivity index (χ1n) is 13.6. The van der Waals surface area contributed by atoms with Gasteiger partial charge in [-0.1, -0.05) is 26.0 Å². The molecule has 1 aromatic heterocycles. The molecule has 3 aliphatic rings. The number of hydrogen-bond acceptors (Lipinski definition) is 8. The number of aliphatic hydroxyl groups is 1. The number of quaternary nitrogens is 1. The number of anilines is 2. The minimum atomic E-state index is -0.266. The molecule has 4 N–H and O–H groups in total. The van der Waals surface area contributed by atoms with Crippen molar-refractivity contribution in [2.45, 2.75) is 26.3 Å². The van der Waals surface area contributed by atoms with Gasteiger partial charge in [-0.05, 0) is 35.7 Å². The van der Waals surface area contributed by atoms with Crippen molar-refractivity contribution in [2.24, 2.45) is 10.9 Å². The van der Waals surface area contributed by atoms with Crippen molar-refractivity contribution < 1.29 is 24.3 Å². The summed E-state index contributed by atoms with van der Waals surface area (Å²) in [4.78, 5) is 39.4. The lowest BCUT2D eigenvalue weighted by atomic mass is 10.0. The first-order chi connectivity index (χ1) is 19.4. The summed E-state index contributed by atoms with van der Waals surface area (Å²) in [6.45, 7) is 6.76. The van der Waals surface area contributed by atoms with Crippen LogP contribution in [0.25, 0.3) is 0 Å². The quantitative estimate of drug-likeness (QED) is 0.366. The monoisotopic (exact) mass is 546 g/mol. The summed E-state index contributed by atoms with van der Waals surface area (Å²) in [5, 5.41) is 15.8. The molecule has 11 heteroatoms. The summed E-state index contributed by atoms with van der Waals surface area (Å²) >= 11 is 0. The molecule has 2 amide bonds. The topological polar surface area (TPSA) is 124 Å². The maximum atomic E-state index is 12.8. The van der Waals surface area contributed by atoms with Crippen LogP contribution in [0.5, 0.6) is 0 Å². The molecule has 5 rings (SSSR count). The van der Waals surface area contributed by atoms with E-state index >= 15 is 0 Å². The van der Waals surface area contributed by atoms with Crippen LogP contribution in [0.4, 0.5) is 11.5 Å². The molecule has 11 nitrogen and oxygen atoms in total. The smallest absolute Gasteiger partial charge is 0.257 e. The van der Waals surface area contributed by atoms with Crippen LogP contribution < -0.4 is 20.4 Å². The first-order valence-corrected chi connectivity index (χ1v) is 13.6. The zero-order valence-electron chi connectivity index (χ0n) is 22.8. The van der Waals surface area contributed by atoms with Crippen molar-refractivity contribution in [3.8, 4) is 0 Å². The third-order valence-corrected chi connectivity index (χ3v) is 7.19. The fourth-order valence-corrected chi connectivity index (χ4v) is 4.83. The summed E-state index contributed by atoms with van der Waals surface area (Å²) in [6.07, 6.45) is 7.59. The number of morpholine rings is 1. The molecule has 0 spiro atoms. The molecule has 0 saturated carbocycles. The van der Waals surface area contributed by atoms with Crippen LogP contribution in [-0.2, 0) is 16.0 Å². The Balaban J connectivity index is 1.29. The minimum Gasteiger partial charge on any atom is -0.394 e. The second kappa shape index (κ2) is 12.4. The van der Waals surface area contributed by atoms with E-state index in [9.17, 15) is 14.7 Å². The number of aromatic nitrogens is 1. The van der Waals surface area contributed by atoms with Gasteiger partial charge in [-0.25, -0.2) is 9.88 Å². The Morgan fingerprint density at radius 1 is 1.18 bits per heavy atom. The number of ether oxygens (including phenoxy) is 1. The molecule has 4 heterocycles. The highest BCUT2D eigenvalue weighted by molar-refractivity contribution is 5.97. The highest BCUT2D eigenvalue weighted by atomic mass is 16.5. The summed E-state index contributed by atoms with van der Waals surface area (Å²) in [7, 11) is 0. The Labute approximate surface area is 233 Å². The number of nitrogens with zero attached hydrogens (tertiary/aromatic N) is 4. The van der Waals surface area contributed by atoms with Gasteiger partial charge in [0, 0.05) is 31.2 Å². The van der Waals surface area contributed by atoms with Gasteiger partial charge in [0.1, 0.15) is 17.7 Å². The van der Waals surface area contributed by atoms with Crippen molar-refractivity contribution >= 4 is 29.2 Å². The Hall–Kier alpha value is -4.06. The zero-order valence-corrected chi connectivity index (χ0v) is 22.8. The van der Waals surface area contributed by atoms with Gasteiger partial charge < -0.3 is 25.4 Å². The summed E-state index contributed by atoms with van der Waals surface area (Å²) in [5.41, 5.74) is 3.15. The molecule has 3 aliphatic heterocycles. The molecular weight excluding hydrogens is 510 g/mol. The normalized spacial score (nSPS) is 19.1. The number of aliphatic hydroxyl groups excluding tert-OH is 1. The zero-order chi connectivity index (χ0) is 28.1. The number of amides is 2. The van der Waals surface area contributed by atoms with Gasteiger partial charge >= 0.3 is 0 Å². The third-order valence-electron chi connectivity index (χ3n) is 7.19.